The van der Waals surface area contributed by atoms with Crippen molar-refractivity contribution >= 4 is 12.1 Å². The van der Waals surface area contributed by atoms with Gasteiger partial charge in [0, 0.05) is 6.54 Å². The van der Waals surface area contributed by atoms with Crippen molar-refractivity contribution in [2.24, 2.45) is 11.8 Å². The summed E-state index contributed by atoms with van der Waals surface area (Å²) in [5.74, 6) is -0.220. The van der Waals surface area contributed by atoms with E-state index in [1.807, 2.05) is 20.8 Å². The highest BCUT2D eigenvalue weighted by Gasteiger charge is 2.41. The topological polar surface area (TPSA) is 66.8 Å². The number of ether oxygens (including phenoxy) is 1. The van der Waals surface area contributed by atoms with Crippen LogP contribution in [0.15, 0.2) is 0 Å². The van der Waals surface area contributed by atoms with Crippen LogP contribution in [0.3, 0.4) is 0 Å². The molecule has 1 N–H and O–H groups in total. The van der Waals surface area contributed by atoms with Gasteiger partial charge in [-0.15, -0.1) is 0 Å². The second-order valence-corrected chi connectivity index (χ2v) is 8.10. The van der Waals surface area contributed by atoms with Crippen molar-refractivity contribution in [1.82, 2.24) is 4.90 Å². The highest BCUT2D eigenvalue weighted by atomic mass is 16.6. The number of piperidine rings is 1. The highest BCUT2D eigenvalue weighted by Crippen LogP contribution is 2.35. The van der Waals surface area contributed by atoms with Crippen molar-refractivity contribution in [2.75, 3.05) is 6.54 Å². The van der Waals surface area contributed by atoms with Gasteiger partial charge in [0.25, 0.3) is 0 Å². The molecule has 1 heterocycles. The zero-order valence-electron chi connectivity index (χ0n) is 14.7. The molecule has 1 amide bonds. The molecule has 0 aromatic heterocycles. The average molecular weight is 325 g/mol. The van der Waals surface area contributed by atoms with Gasteiger partial charge in [0.15, 0.2) is 0 Å². The maximum Gasteiger partial charge on any atom is 0.411 e. The number of rotatable bonds is 3. The number of nitrogens with zero attached hydrogens (tertiary/aromatic N) is 1. The van der Waals surface area contributed by atoms with Gasteiger partial charge in [-0.1, -0.05) is 32.1 Å². The van der Waals surface area contributed by atoms with Gasteiger partial charge in [0.1, 0.15) is 11.6 Å². The molecule has 23 heavy (non-hydrogen) atoms. The van der Waals surface area contributed by atoms with E-state index in [9.17, 15) is 14.7 Å². The Labute approximate surface area is 139 Å². The Balaban J connectivity index is 2.06. The summed E-state index contributed by atoms with van der Waals surface area (Å²) in [6, 6.07) is -0.736. The van der Waals surface area contributed by atoms with E-state index in [0.717, 1.165) is 19.3 Å². The van der Waals surface area contributed by atoms with E-state index in [-0.39, 0.29) is 5.92 Å². The number of carbonyl (C=O) groups excluding carboxylic acids is 1. The Hall–Kier alpha value is -1.26. The van der Waals surface area contributed by atoms with E-state index in [4.69, 9.17) is 4.74 Å². The molecule has 5 heteroatoms. The number of hydrogen-bond acceptors (Lipinski definition) is 3. The van der Waals surface area contributed by atoms with Gasteiger partial charge in [-0.05, 0) is 51.9 Å². The van der Waals surface area contributed by atoms with Gasteiger partial charge < -0.3 is 9.84 Å². The SMILES string of the molecule is CC(C)(C)OC(=O)N1CCC[C@H](CC2CCCCC2)[C@@H]1C(=O)O. The summed E-state index contributed by atoms with van der Waals surface area (Å²) in [6.45, 7) is 5.91. The molecule has 2 fully saturated rings. The number of aliphatic carboxylic acids is 1. The Morgan fingerprint density at radius 1 is 1.09 bits per heavy atom. The normalized spacial score (nSPS) is 26.8. The summed E-state index contributed by atoms with van der Waals surface area (Å²) >= 11 is 0. The van der Waals surface area contributed by atoms with Crippen LogP contribution in [0.4, 0.5) is 4.79 Å². The molecule has 0 bridgehead atoms. The van der Waals surface area contributed by atoms with E-state index in [1.165, 1.54) is 37.0 Å². The van der Waals surface area contributed by atoms with Crippen LogP contribution in [0.5, 0.6) is 0 Å². The van der Waals surface area contributed by atoms with E-state index < -0.39 is 23.7 Å². The largest absolute Gasteiger partial charge is 0.480 e. The lowest BCUT2D eigenvalue weighted by molar-refractivity contribution is -0.147. The first kappa shape index (κ1) is 18.1. The quantitative estimate of drug-likeness (QED) is 0.850. The van der Waals surface area contributed by atoms with Crippen LogP contribution in [-0.4, -0.2) is 40.3 Å². The standard InChI is InChI=1S/C18H31NO4/c1-18(2,3)23-17(22)19-11-7-10-14(15(19)16(20)21)12-13-8-5-4-6-9-13/h13-15H,4-12H2,1-3H3,(H,20,21)/t14-,15-/m1/s1. The number of hydrogen-bond donors (Lipinski definition) is 1. The van der Waals surface area contributed by atoms with Crippen molar-refractivity contribution in [1.29, 1.82) is 0 Å². The second kappa shape index (κ2) is 7.54. The molecular formula is C18H31NO4. The minimum atomic E-state index is -0.892. The van der Waals surface area contributed by atoms with Gasteiger partial charge in [-0.2, -0.15) is 0 Å². The van der Waals surface area contributed by atoms with Crippen LogP contribution < -0.4 is 0 Å². The molecule has 2 aliphatic rings. The highest BCUT2D eigenvalue weighted by molar-refractivity contribution is 5.80. The molecule has 0 aromatic carbocycles. The van der Waals surface area contributed by atoms with Gasteiger partial charge in [-0.3, -0.25) is 4.90 Å². The van der Waals surface area contributed by atoms with Crippen molar-refractivity contribution in [2.45, 2.75) is 83.8 Å². The molecule has 0 spiro atoms. The fourth-order valence-corrected chi connectivity index (χ4v) is 4.03. The molecule has 2 atom stereocenters. The molecule has 1 aliphatic heterocycles. The lowest BCUT2D eigenvalue weighted by Crippen LogP contribution is -2.54. The Bertz CT molecular complexity index is 423. The molecule has 1 saturated carbocycles. The second-order valence-electron chi connectivity index (χ2n) is 8.10. The molecule has 0 radical (unpaired) electrons. The van der Waals surface area contributed by atoms with Gasteiger partial charge in [0.05, 0.1) is 0 Å². The molecule has 132 valence electrons. The van der Waals surface area contributed by atoms with Crippen molar-refractivity contribution < 1.29 is 19.4 Å². The molecular weight excluding hydrogens is 294 g/mol. The van der Waals surface area contributed by atoms with Crippen LogP contribution in [0.25, 0.3) is 0 Å². The summed E-state index contributed by atoms with van der Waals surface area (Å²) in [7, 11) is 0. The fourth-order valence-electron chi connectivity index (χ4n) is 4.03. The van der Waals surface area contributed by atoms with Crippen LogP contribution >= 0.6 is 0 Å². The van der Waals surface area contributed by atoms with Crippen molar-refractivity contribution in [3.63, 3.8) is 0 Å². The predicted molar refractivity (Wildman–Crippen MR) is 88.3 cm³/mol. The third-order valence-electron chi connectivity index (χ3n) is 5.00. The van der Waals surface area contributed by atoms with Crippen LogP contribution in [0.1, 0.15) is 72.1 Å². The van der Waals surface area contributed by atoms with Gasteiger partial charge in [0.2, 0.25) is 0 Å². The Morgan fingerprint density at radius 3 is 2.30 bits per heavy atom. The summed E-state index contributed by atoms with van der Waals surface area (Å²) in [4.78, 5) is 25.7. The lowest BCUT2D eigenvalue weighted by Gasteiger charge is -2.40. The third-order valence-corrected chi connectivity index (χ3v) is 5.00. The van der Waals surface area contributed by atoms with Crippen molar-refractivity contribution in [3.05, 3.63) is 0 Å². The smallest absolute Gasteiger partial charge is 0.411 e. The number of amides is 1. The Kier molecular flexibility index (Phi) is 5.93. The minimum Gasteiger partial charge on any atom is -0.480 e. The van der Waals surface area contributed by atoms with Crippen molar-refractivity contribution in [3.8, 4) is 0 Å². The molecule has 1 aliphatic carbocycles. The van der Waals surface area contributed by atoms with E-state index in [1.54, 1.807) is 0 Å². The summed E-state index contributed by atoms with van der Waals surface area (Å²) in [5.41, 5.74) is -0.601. The zero-order chi connectivity index (χ0) is 17.0. The summed E-state index contributed by atoms with van der Waals surface area (Å²) in [5, 5.41) is 9.71. The van der Waals surface area contributed by atoms with Crippen LogP contribution in [0.2, 0.25) is 0 Å². The first-order chi connectivity index (χ1) is 10.8. The maximum atomic E-state index is 12.4. The monoisotopic (exact) mass is 325 g/mol. The zero-order valence-corrected chi connectivity index (χ0v) is 14.7. The molecule has 1 saturated heterocycles. The molecule has 0 aromatic rings. The first-order valence-corrected chi connectivity index (χ1v) is 9.00. The maximum absolute atomic E-state index is 12.4. The molecule has 5 nitrogen and oxygen atoms in total. The number of carboxylic acid groups (broad SMARTS) is 1. The van der Waals surface area contributed by atoms with Crippen LogP contribution in [0, 0.1) is 11.8 Å². The summed E-state index contributed by atoms with van der Waals surface area (Å²) in [6.07, 6.45) is 8.41. The van der Waals surface area contributed by atoms with Gasteiger partial charge in [-0.25, -0.2) is 9.59 Å². The van der Waals surface area contributed by atoms with Crippen LogP contribution in [-0.2, 0) is 9.53 Å². The number of carboxylic acids is 1. The molecule has 0 unspecified atom stereocenters. The molecule has 2 rings (SSSR count). The van der Waals surface area contributed by atoms with Gasteiger partial charge >= 0.3 is 12.1 Å². The number of carbonyl (C=O) groups is 2. The number of likely N-dealkylation sites (tertiary alicyclic amines) is 1. The Morgan fingerprint density at radius 2 is 1.74 bits per heavy atom. The average Bonchev–Trinajstić information content (AvgIpc) is 2.46. The fraction of sp³-hybridized carbons (Fsp3) is 0.889. The van der Waals surface area contributed by atoms with E-state index >= 15 is 0 Å². The first-order valence-electron chi connectivity index (χ1n) is 9.00. The minimum absolute atomic E-state index is 0.0527. The third kappa shape index (κ3) is 5.11. The van der Waals surface area contributed by atoms with E-state index in [2.05, 4.69) is 0 Å². The van der Waals surface area contributed by atoms with E-state index in [0.29, 0.717) is 12.5 Å². The predicted octanol–water partition coefficient (Wildman–Crippen LogP) is 4.06. The lowest BCUT2D eigenvalue weighted by atomic mass is 9.77. The summed E-state index contributed by atoms with van der Waals surface area (Å²) < 4.78 is 5.42.